The third-order valence-corrected chi connectivity index (χ3v) is 3.65. The highest BCUT2D eigenvalue weighted by Crippen LogP contribution is 2.12. The van der Waals surface area contributed by atoms with Crippen LogP contribution in [0.3, 0.4) is 0 Å². The molecule has 0 atom stereocenters. The van der Waals surface area contributed by atoms with E-state index in [1.807, 2.05) is 29.0 Å². The van der Waals surface area contributed by atoms with Gasteiger partial charge >= 0.3 is 0 Å². The van der Waals surface area contributed by atoms with Gasteiger partial charge in [0.05, 0.1) is 0 Å². The lowest BCUT2D eigenvalue weighted by molar-refractivity contribution is -0.118. The molecule has 0 bridgehead atoms. The zero-order valence-corrected chi connectivity index (χ0v) is 10.8. The Hall–Kier alpha value is -1.41. The summed E-state index contributed by atoms with van der Waals surface area (Å²) in [6.45, 7) is 2.10. The predicted molar refractivity (Wildman–Crippen MR) is 72.5 cm³/mol. The van der Waals surface area contributed by atoms with Gasteiger partial charge in [-0.1, -0.05) is 24.3 Å². The van der Waals surface area contributed by atoms with Crippen molar-refractivity contribution in [2.24, 2.45) is 0 Å². The molecule has 0 unspecified atom stereocenters. The van der Waals surface area contributed by atoms with E-state index in [0.29, 0.717) is 18.6 Å². The van der Waals surface area contributed by atoms with Crippen molar-refractivity contribution in [3.63, 3.8) is 0 Å². The van der Waals surface area contributed by atoms with Gasteiger partial charge in [0.25, 0.3) is 0 Å². The molecule has 0 radical (unpaired) electrons. The lowest BCUT2D eigenvalue weighted by Gasteiger charge is -2.04. The molecule has 2 aromatic rings. The topological polar surface area (TPSA) is 17.1 Å². The van der Waals surface area contributed by atoms with Crippen molar-refractivity contribution in [1.82, 2.24) is 0 Å². The largest absolute Gasteiger partial charge is 0.299 e. The molecule has 1 aromatic carbocycles. The monoisotopic (exact) mass is 244 g/mol. The van der Waals surface area contributed by atoms with Gasteiger partial charge in [0, 0.05) is 12.8 Å². The van der Waals surface area contributed by atoms with Gasteiger partial charge in [0.1, 0.15) is 5.78 Å². The molecule has 0 N–H and O–H groups in total. The smallest absolute Gasteiger partial charge is 0.137 e. The van der Waals surface area contributed by atoms with Gasteiger partial charge in [0.2, 0.25) is 0 Å². The molecule has 1 heterocycles. The molecule has 1 nitrogen and oxygen atoms in total. The number of benzene rings is 1. The Morgan fingerprint density at radius 3 is 2.76 bits per heavy atom. The first kappa shape index (κ1) is 12.1. The van der Waals surface area contributed by atoms with Crippen molar-refractivity contribution in [2.45, 2.75) is 26.2 Å². The van der Waals surface area contributed by atoms with Gasteiger partial charge in [-0.3, -0.25) is 4.79 Å². The van der Waals surface area contributed by atoms with Crippen LogP contribution in [0, 0.1) is 6.92 Å². The fourth-order valence-electron chi connectivity index (χ4n) is 1.87. The molecule has 0 saturated carbocycles. The average molecular weight is 244 g/mol. The van der Waals surface area contributed by atoms with E-state index in [4.69, 9.17) is 0 Å². The Kier molecular flexibility index (Phi) is 4.10. The van der Waals surface area contributed by atoms with Gasteiger partial charge in [-0.25, -0.2) is 0 Å². The summed E-state index contributed by atoms with van der Waals surface area (Å²) >= 11 is 1.65. The van der Waals surface area contributed by atoms with Crippen LogP contribution in [0.2, 0.25) is 0 Å². The predicted octanol–water partition coefficient (Wildman–Crippen LogP) is 3.80. The van der Waals surface area contributed by atoms with Crippen LogP contribution in [0.25, 0.3) is 0 Å². The number of thiophene rings is 1. The van der Waals surface area contributed by atoms with E-state index in [1.165, 1.54) is 11.1 Å². The minimum absolute atomic E-state index is 0.326. The third-order valence-electron chi connectivity index (χ3n) is 2.92. The average Bonchev–Trinajstić information content (AvgIpc) is 2.81. The van der Waals surface area contributed by atoms with Crippen LogP contribution < -0.4 is 0 Å². The lowest BCUT2D eigenvalue weighted by Crippen LogP contribution is -2.04. The molecule has 2 rings (SSSR count). The molecule has 1 aromatic heterocycles. The minimum Gasteiger partial charge on any atom is -0.299 e. The van der Waals surface area contributed by atoms with E-state index >= 15 is 0 Å². The molecule has 2 heteroatoms. The fraction of sp³-hybridized carbons (Fsp3) is 0.267. The summed E-state index contributed by atoms with van der Waals surface area (Å²) in [5.74, 6) is 0.326. The number of Topliss-reactive ketones (excluding diaryl/α,β-unsaturated/α-hetero) is 1. The zero-order chi connectivity index (χ0) is 12.1. The van der Waals surface area contributed by atoms with Crippen LogP contribution in [0.15, 0.2) is 41.1 Å². The van der Waals surface area contributed by atoms with Crippen molar-refractivity contribution < 1.29 is 4.79 Å². The normalized spacial score (nSPS) is 10.4. The van der Waals surface area contributed by atoms with Crippen molar-refractivity contribution in [1.29, 1.82) is 0 Å². The molecule has 0 aliphatic carbocycles. The van der Waals surface area contributed by atoms with Gasteiger partial charge in [-0.2, -0.15) is 11.3 Å². The molecule has 17 heavy (non-hydrogen) atoms. The molecule has 0 spiro atoms. The highest BCUT2D eigenvalue weighted by Gasteiger charge is 2.05. The quantitative estimate of drug-likeness (QED) is 0.782. The Balaban J connectivity index is 1.86. The van der Waals surface area contributed by atoms with E-state index in [-0.39, 0.29) is 0 Å². The second-order valence-electron chi connectivity index (χ2n) is 4.27. The van der Waals surface area contributed by atoms with Crippen LogP contribution in [0.5, 0.6) is 0 Å². The van der Waals surface area contributed by atoms with Crippen LogP contribution in [0.1, 0.15) is 23.1 Å². The van der Waals surface area contributed by atoms with Gasteiger partial charge < -0.3 is 0 Å². The van der Waals surface area contributed by atoms with Crippen molar-refractivity contribution in [3.8, 4) is 0 Å². The molecular weight excluding hydrogens is 228 g/mol. The standard InChI is InChI=1S/C15H16OS/c1-12-4-2-3-5-14(12)6-7-15(16)10-13-8-9-17-11-13/h2-5,8-9,11H,6-7,10H2,1H3. The van der Waals surface area contributed by atoms with E-state index in [0.717, 1.165) is 12.0 Å². The maximum Gasteiger partial charge on any atom is 0.137 e. The third kappa shape index (κ3) is 3.53. The van der Waals surface area contributed by atoms with Crippen LogP contribution in [0.4, 0.5) is 0 Å². The maximum atomic E-state index is 11.8. The highest BCUT2D eigenvalue weighted by molar-refractivity contribution is 7.07. The first-order chi connectivity index (χ1) is 8.25. The van der Waals surface area contributed by atoms with Crippen LogP contribution in [-0.2, 0) is 17.6 Å². The first-order valence-corrected chi connectivity index (χ1v) is 6.77. The number of carbonyl (C=O) groups excluding carboxylic acids is 1. The van der Waals surface area contributed by atoms with Crippen LogP contribution in [-0.4, -0.2) is 5.78 Å². The van der Waals surface area contributed by atoms with Gasteiger partial charge in [-0.05, 0) is 46.9 Å². The molecule has 0 saturated heterocycles. The summed E-state index contributed by atoms with van der Waals surface area (Å²) in [4.78, 5) is 11.8. The van der Waals surface area contributed by atoms with E-state index in [2.05, 4.69) is 19.1 Å². The summed E-state index contributed by atoms with van der Waals surface area (Å²) in [6, 6.07) is 10.3. The van der Waals surface area contributed by atoms with Crippen molar-refractivity contribution in [3.05, 3.63) is 57.8 Å². The molecular formula is C15H16OS. The number of hydrogen-bond acceptors (Lipinski definition) is 2. The lowest BCUT2D eigenvalue weighted by atomic mass is 10.0. The first-order valence-electron chi connectivity index (χ1n) is 5.83. The SMILES string of the molecule is Cc1ccccc1CCC(=O)Cc1ccsc1. The number of aryl methyl sites for hydroxylation is 2. The molecule has 88 valence electrons. The second-order valence-corrected chi connectivity index (χ2v) is 5.05. The summed E-state index contributed by atoms with van der Waals surface area (Å²) < 4.78 is 0. The summed E-state index contributed by atoms with van der Waals surface area (Å²) in [7, 11) is 0. The minimum atomic E-state index is 0.326. The van der Waals surface area contributed by atoms with Gasteiger partial charge in [0.15, 0.2) is 0 Å². The second kappa shape index (κ2) is 5.78. The Morgan fingerprint density at radius 2 is 2.06 bits per heavy atom. The zero-order valence-electron chi connectivity index (χ0n) is 9.98. The van der Waals surface area contributed by atoms with E-state index in [1.54, 1.807) is 11.3 Å². The van der Waals surface area contributed by atoms with E-state index < -0.39 is 0 Å². The maximum absolute atomic E-state index is 11.8. The summed E-state index contributed by atoms with van der Waals surface area (Å²) in [5.41, 5.74) is 3.70. The number of hydrogen-bond donors (Lipinski definition) is 0. The van der Waals surface area contributed by atoms with Crippen LogP contribution >= 0.6 is 11.3 Å². The number of rotatable bonds is 5. The Morgan fingerprint density at radius 1 is 1.24 bits per heavy atom. The van der Waals surface area contributed by atoms with Crippen molar-refractivity contribution >= 4 is 17.1 Å². The highest BCUT2D eigenvalue weighted by atomic mass is 32.1. The fourth-order valence-corrected chi connectivity index (χ4v) is 2.54. The summed E-state index contributed by atoms with van der Waals surface area (Å²) in [5, 5.41) is 4.07. The number of ketones is 1. The summed E-state index contributed by atoms with van der Waals surface area (Å²) in [6.07, 6.45) is 2.08. The molecule has 0 amide bonds. The van der Waals surface area contributed by atoms with Gasteiger partial charge in [-0.15, -0.1) is 0 Å². The molecule has 0 aliphatic rings. The number of carbonyl (C=O) groups is 1. The van der Waals surface area contributed by atoms with Crippen molar-refractivity contribution in [2.75, 3.05) is 0 Å². The molecule has 0 aliphatic heterocycles. The molecule has 0 fully saturated rings. The Labute approximate surface area is 106 Å². The van der Waals surface area contributed by atoms with E-state index in [9.17, 15) is 4.79 Å². The Bertz CT molecular complexity index is 485.